The molecule has 0 bridgehead atoms. The SMILES string of the molecule is CCC1SCC(C(=O)O)N1C(=O)c1ccon1. The number of carbonyl (C=O) groups excluding carboxylic acids is 1. The number of carboxylic acid groups (broad SMARTS) is 1. The summed E-state index contributed by atoms with van der Waals surface area (Å²) in [6, 6.07) is 0.658. The van der Waals surface area contributed by atoms with E-state index in [0.717, 1.165) is 0 Å². The van der Waals surface area contributed by atoms with Crippen molar-refractivity contribution in [1.82, 2.24) is 10.1 Å². The Hall–Kier alpha value is -1.50. The van der Waals surface area contributed by atoms with E-state index in [1.807, 2.05) is 6.92 Å². The van der Waals surface area contributed by atoms with Gasteiger partial charge in [0, 0.05) is 11.8 Å². The molecule has 0 aliphatic carbocycles. The molecule has 7 heteroatoms. The van der Waals surface area contributed by atoms with E-state index < -0.39 is 12.0 Å². The van der Waals surface area contributed by atoms with Gasteiger partial charge in [0.25, 0.3) is 5.91 Å². The van der Waals surface area contributed by atoms with Gasteiger partial charge in [0.15, 0.2) is 5.69 Å². The lowest BCUT2D eigenvalue weighted by atomic mass is 10.2. The van der Waals surface area contributed by atoms with Gasteiger partial charge in [-0.05, 0) is 6.42 Å². The van der Waals surface area contributed by atoms with E-state index in [1.54, 1.807) is 0 Å². The van der Waals surface area contributed by atoms with E-state index in [0.29, 0.717) is 12.2 Å². The number of aromatic nitrogens is 1. The van der Waals surface area contributed by atoms with Crippen LogP contribution >= 0.6 is 11.8 Å². The molecule has 1 aliphatic heterocycles. The van der Waals surface area contributed by atoms with Crippen LogP contribution < -0.4 is 0 Å². The maximum absolute atomic E-state index is 12.1. The highest BCUT2D eigenvalue weighted by Gasteiger charge is 2.41. The molecule has 0 radical (unpaired) electrons. The van der Waals surface area contributed by atoms with E-state index in [9.17, 15) is 9.59 Å². The predicted molar refractivity (Wildman–Crippen MR) is 60.6 cm³/mol. The van der Waals surface area contributed by atoms with Gasteiger partial charge >= 0.3 is 5.97 Å². The summed E-state index contributed by atoms with van der Waals surface area (Å²) in [6.45, 7) is 1.92. The van der Waals surface area contributed by atoms with Crippen molar-refractivity contribution in [1.29, 1.82) is 0 Å². The zero-order valence-corrected chi connectivity index (χ0v) is 10.0. The molecule has 1 aromatic rings. The molecule has 6 nitrogen and oxygen atoms in total. The highest BCUT2D eigenvalue weighted by molar-refractivity contribution is 8.00. The van der Waals surface area contributed by atoms with Gasteiger partial charge in [0.1, 0.15) is 12.3 Å². The van der Waals surface area contributed by atoms with Crippen molar-refractivity contribution in [2.45, 2.75) is 24.8 Å². The topological polar surface area (TPSA) is 83.6 Å². The van der Waals surface area contributed by atoms with Gasteiger partial charge in [0.05, 0.1) is 5.37 Å². The van der Waals surface area contributed by atoms with Crippen LogP contribution in [0.3, 0.4) is 0 Å². The van der Waals surface area contributed by atoms with Gasteiger partial charge in [-0.3, -0.25) is 4.79 Å². The molecule has 2 heterocycles. The lowest BCUT2D eigenvalue weighted by molar-refractivity contribution is -0.141. The largest absolute Gasteiger partial charge is 0.480 e. The first-order valence-electron chi connectivity index (χ1n) is 5.22. The molecule has 2 unspecified atom stereocenters. The average molecular weight is 256 g/mol. The third kappa shape index (κ3) is 2.14. The Balaban J connectivity index is 2.25. The number of hydrogen-bond donors (Lipinski definition) is 1. The molecule has 1 fully saturated rings. The molecule has 1 aliphatic rings. The van der Waals surface area contributed by atoms with Gasteiger partial charge in [-0.2, -0.15) is 0 Å². The second-order valence-electron chi connectivity index (χ2n) is 3.65. The third-order valence-electron chi connectivity index (χ3n) is 2.62. The van der Waals surface area contributed by atoms with E-state index in [4.69, 9.17) is 5.11 Å². The fraction of sp³-hybridized carbons (Fsp3) is 0.500. The molecule has 1 amide bonds. The molecule has 92 valence electrons. The number of nitrogens with zero attached hydrogens (tertiary/aromatic N) is 2. The van der Waals surface area contributed by atoms with Crippen molar-refractivity contribution in [2.24, 2.45) is 0 Å². The van der Waals surface area contributed by atoms with Crippen LogP contribution in [-0.2, 0) is 4.79 Å². The minimum absolute atomic E-state index is 0.111. The fourth-order valence-corrected chi connectivity index (χ4v) is 3.14. The minimum atomic E-state index is -0.981. The number of carboxylic acids is 1. The summed E-state index contributed by atoms with van der Waals surface area (Å²) in [5, 5.41) is 12.5. The quantitative estimate of drug-likeness (QED) is 0.870. The lowest BCUT2D eigenvalue weighted by Crippen LogP contribution is -2.45. The molecular weight excluding hydrogens is 244 g/mol. The summed E-state index contributed by atoms with van der Waals surface area (Å²) in [4.78, 5) is 24.6. The third-order valence-corrected chi connectivity index (χ3v) is 4.07. The zero-order valence-electron chi connectivity index (χ0n) is 9.20. The molecule has 0 aromatic carbocycles. The van der Waals surface area contributed by atoms with Gasteiger partial charge in [-0.25, -0.2) is 4.79 Å². The number of thioether (sulfide) groups is 1. The molecule has 1 aromatic heterocycles. The molecule has 2 rings (SSSR count). The Morgan fingerprint density at radius 1 is 1.71 bits per heavy atom. The zero-order chi connectivity index (χ0) is 12.4. The van der Waals surface area contributed by atoms with Gasteiger partial charge in [-0.15, -0.1) is 11.8 Å². The molecular formula is C10H12N2O4S. The van der Waals surface area contributed by atoms with Crippen LogP contribution in [-0.4, -0.2) is 44.2 Å². The Kier molecular flexibility index (Phi) is 3.37. The Labute approximate surface area is 102 Å². The summed E-state index contributed by atoms with van der Waals surface area (Å²) in [7, 11) is 0. The van der Waals surface area contributed by atoms with Crippen LogP contribution in [0.25, 0.3) is 0 Å². The smallest absolute Gasteiger partial charge is 0.327 e. The first-order chi connectivity index (χ1) is 8.15. The molecule has 0 spiro atoms. The molecule has 17 heavy (non-hydrogen) atoms. The minimum Gasteiger partial charge on any atom is -0.480 e. The molecule has 0 saturated carbocycles. The summed E-state index contributed by atoms with van der Waals surface area (Å²) >= 11 is 1.48. The highest BCUT2D eigenvalue weighted by atomic mass is 32.2. The van der Waals surface area contributed by atoms with E-state index in [1.165, 1.54) is 29.0 Å². The summed E-state index contributed by atoms with van der Waals surface area (Å²) < 4.78 is 4.61. The van der Waals surface area contributed by atoms with E-state index >= 15 is 0 Å². The van der Waals surface area contributed by atoms with Crippen LogP contribution in [0, 0.1) is 0 Å². The van der Waals surface area contributed by atoms with Crippen molar-refractivity contribution < 1.29 is 19.2 Å². The van der Waals surface area contributed by atoms with Gasteiger partial charge in [0.2, 0.25) is 0 Å². The van der Waals surface area contributed by atoms with Gasteiger partial charge in [-0.1, -0.05) is 12.1 Å². The molecule has 1 N–H and O–H groups in total. The normalized spacial score (nSPS) is 23.9. The van der Waals surface area contributed by atoms with E-state index in [2.05, 4.69) is 9.68 Å². The second kappa shape index (κ2) is 4.79. The van der Waals surface area contributed by atoms with Gasteiger partial charge < -0.3 is 14.5 Å². The molecule has 1 saturated heterocycles. The number of amides is 1. The van der Waals surface area contributed by atoms with E-state index in [-0.39, 0.29) is 17.0 Å². The monoisotopic (exact) mass is 256 g/mol. The van der Waals surface area contributed by atoms with Crippen LogP contribution in [0.2, 0.25) is 0 Å². The van der Waals surface area contributed by atoms with Crippen LogP contribution in [0.15, 0.2) is 16.9 Å². The Morgan fingerprint density at radius 2 is 2.47 bits per heavy atom. The van der Waals surface area contributed by atoms with Crippen molar-refractivity contribution in [3.05, 3.63) is 18.0 Å². The lowest BCUT2D eigenvalue weighted by Gasteiger charge is -2.25. The van der Waals surface area contributed by atoms with Crippen molar-refractivity contribution >= 4 is 23.6 Å². The van der Waals surface area contributed by atoms with Crippen LogP contribution in [0.4, 0.5) is 0 Å². The first kappa shape index (κ1) is 12.0. The Bertz CT molecular complexity index is 420. The second-order valence-corrected chi connectivity index (χ2v) is 4.86. The van der Waals surface area contributed by atoms with Crippen molar-refractivity contribution in [2.75, 3.05) is 5.75 Å². The summed E-state index contributed by atoms with van der Waals surface area (Å²) in [5.41, 5.74) is 0.150. The molecule has 2 atom stereocenters. The first-order valence-corrected chi connectivity index (χ1v) is 6.27. The number of hydrogen-bond acceptors (Lipinski definition) is 5. The van der Waals surface area contributed by atoms with Crippen LogP contribution in [0.1, 0.15) is 23.8 Å². The predicted octanol–water partition coefficient (Wildman–Crippen LogP) is 1.05. The maximum atomic E-state index is 12.1. The highest BCUT2D eigenvalue weighted by Crippen LogP contribution is 2.32. The van der Waals surface area contributed by atoms with Crippen molar-refractivity contribution in [3.8, 4) is 0 Å². The Morgan fingerprint density at radius 3 is 3.00 bits per heavy atom. The summed E-state index contributed by atoms with van der Waals surface area (Å²) in [5.74, 6) is -0.953. The fourth-order valence-electron chi connectivity index (χ4n) is 1.80. The summed E-state index contributed by atoms with van der Waals surface area (Å²) in [6.07, 6.45) is 2.01. The van der Waals surface area contributed by atoms with Crippen molar-refractivity contribution in [3.63, 3.8) is 0 Å². The average Bonchev–Trinajstić information content (AvgIpc) is 2.96. The number of rotatable bonds is 3. The van der Waals surface area contributed by atoms with Crippen LogP contribution in [0.5, 0.6) is 0 Å². The number of carbonyl (C=O) groups is 2. The maximum Gasteiger partial charge on any atom is 0.327 e. The number of aliphatic carboxylic acids is 1. The standard InChI is InChI=1S/C10H12N2O4S/c1-2-8-12(7(5-17-8)10(14)15)9(13)6-3-4-16-11-6/h3-4,7-8H,2,5H2,1H3,(H,14,15).